The zero-order valence-corrected chi connectivity index (χ0v) is 12.6. The minimum atomic E-state index is -0.0265. The van der Waals surface area contributed by atoms with Crippen LogP contribution >= 0.6 is 27.3 Å². The SMILES string of the molecule is Cc1cc(C(=O)NC(C)Cn2ccnc2)sc1Br. The first-order chi connectivity index (χ1) is 8.56. The first kappa shape index (κ1) is 13.3. The quantitative estimate of drug-likeness (QED) is 0.938. The smallest absolute Gasteiger partial charge is 0.261 e. The van der Waals surface area contributed by atoms with E-state index in [9.17, 15) is 4.79 Å². The van der Waals surface area contributed by atoms with E-state index in [4.69, 9.17) is 0 Å². The maximum Gasteiger partial charge on any atom is 0.261 e. The topological polar surface area (TPSA) is 46.9 Å². The minimum Gasteiger partial charge on any atom is -0.347 e. The van der Waals surface area contributed by atoms with E-state index in [1.165, 1.54) is 11.3 Å². The summed E-state index contributed by atoms with van der Waals surface area (Å²) in [4.78, 5) is 16.7. The molecular formula is C12H14BrN3OS. The number of imidazole rings is 1. The van der Waals surface area contributed by atoms with Gasteiger partial charge in [0.15, 0.2) is 0 Å². The number of hydrogen-bond acceptors (Lipinski definition) is 3. The molecule has 4 nitrogen and oxygen atoms in total. The lowest BCUT2D eigenvalue weighted by molar-refractivity contribution is 0.0941. The Kier molecular flexibility index (Phi) is 4.19. The van der Waals surface area contributed by atoms with E-state index in [-0.39, 0.29) is 11.9 Å². The molecule has 0 spiro atoms. The number of rotatable bonds is 4. The largest absolute Gasteiger partial charge is 0.347 e. The van der Waals surface area contributed by atoms with E-state index < -0.39 is 0 Å². The van der Waals surface area contributed by atoms with Gasteiger partial charge in [-0.1, -0.05) is 0 Å². The van der Waals surface area contributed by atoms with Crippen LogP contribution in [0.2, 0.25) is 0 Å². The Morgan fingerprint density at radius 2 is 2.44 bits per heavy atom. The van der Waals surface area contributed by atoms with E-state index in [0.717, 1.165) is 20.8 Å². The molecule has 2 aromatic rings. The monoisotopic (exact) mass is 327 g/mol. The van der Waals surface area contributed by atoms with Gasteiger partial charge in [-0.3, -0.25) is 4.79 Å². The molecule has 1 atom stereocenters. The van der Waals surface area contributed by atoms with Crippen molar-refractivity contribution >= 4 is 33.2 Å². The summed E-state index contributed by atoms with van der Waals surface area (Å²) < 4.78 is 2.95. The molecule has 0 aliphatic carbocycles. The summed E-state index contributed by atoms with van der Waals surface area (Å²) in [6.07, 6.45) is 5.36. The number of aromatic nitrogens is 2. The van der Waals surface area contributed by atoms with Crippen molar-refractivity contribution in [2.24, 2.45) is 0 Å². The molecule has 1 N–H and O–H groups in total. The third kappa shape index (κ3) is 3.20. The Bertz CT molecular complexity index is 516. The van der Waals surface area contributed by atoms with Crippen LogP contribution in [0.25, 0.3) is 0 Å². The first-order valence-corrected chi connectivity index (χ1v) is 7.19. The van der Waals surface area contributed by atoms with Crippen LogP contribution in [0.5, 0.6) is 0 Å². The fourth-order valence-electron chi connectivity index (χ4n) is 1.62. The van der Waals surface area contributed by atoms with Crippen molar-refractivity contribution in [1.82, 2.24) is 14.9 Å². The van der Waals surface area contributed by atoms with Gasteiger partial charge >= 0.3 is 0 Å². The molecule has 2 rings (SSSR count). The highest BCUT2D eigenvalue weighted by Gasteiger charge is 2.13. The van der Waals surface area contributed by atoms with Crippen LogP contribution in [-0.2, 0) is 6.54 Å². The Hall–Kier alpha value is -1.14. The molecule has 1 unspecified atom stereocenters. The second-order valence-corrected chi connectivity index (χ2v) is 6.57. The zero-order valence-electron chi connectivity index (χ0n) is 10.2. The molecule has 6 heteroatoms. The van der Waals surface area contributed by atoms with E-state index in [1.807, 2.05) is 30.7 Å². The molecule has 0 saturated carbocycles. The molecular weight excluding hydrogens is 314 g/mol. The Labute approximate surface area is 118 Å². The second-order valence-electron chi connectivity index (χ2n) is 4.20. The number of hydrogen-bond donors (Lipinski definition) is 1. The molecule has 2 heterocycles. The summed E-state index contributed by atoms with van der Waals surface area (Å²) >= 11 is 4.88. The molecule has 0 bridgehead atoms. The molecule has 0 aromatic carbocycles. The normalized spacial score (nSPS) is 12.4. The van der Waals surface area contributed by atoms with E-state index >= 15 is 0 Å². The van der Waals surface area contributed by atoms with Crippen molar-refractivity contribution in [3.8, 4) is 0 Å². The summed E-state index contributed by atoms with van der Waals surface area (Å²) in [6, 6.07) is 1.96. The third-order valence-electron chi connectivity index (χ3n) is 2.50. The minimum absolute atomic E-state index is 0.0265. The van der Waals surface area contributed by atoms with Gasteiger partial charge in [-0.05, 0) is 41.4 Å². The Morgan fingerprint density at radius 3 is 3.00 bits per heavy atom. The lowest BCUT2D eigenvalue weighted by atomic mass is 10.3. The molecule has 2 aromatic heterocycles. The highest BCUT2D eigenvalue weighted by atomic mass is 79.9. The maximum atomic E-state index is 12.0. The summed E-state index contributed by atoms with van der Waals surface area (Å²) in [7, 11) is 0. The highest BCUT2D eigenvalue weighted by molar-refractivity contribution is 9.11. The van der Waals surface area contributed by atoms with Gasteiger partial charge in [0.1, 0.15) is 0 Å². The van der Waals surface area contributed by atoms with Crippen molar-refractivity contribution < 1.29 is 4.79 Å². The van der Waals surface area contributed by atoms with Gasteiger partial charge in [-0.25, -0.2) is 4.98 Å². The predicted octanol–water partition coefficient (Wildman–Crippen LogP) is 2.83. The average Bonchev–Trinajstić information content (AvgIpc) is 2.90. The number of thiophene rings is 1. The van der Waals surface area contributed by atoms with Crippen molar-refractivity contribution in [2.45, 2.75) is 26.4 Å². The number of amides is 1. The molecule has 0 fully saturated rings. The van der Waals surface area contributed by atoms with E-state index in [0.29, 0.717) is 0 Å². The van der Waals surface area contributed by atoms with Gasteiger partial charge in [0.2, 0.25) is 0 Å². The molecule has 0 saturated heterocycles. The number of nitrogens with one attached hydrogen (secondary N) is 1. The Morgan fingerprint density at radius 1 is 1.67 bits per heavy atom. The summed E-state index contributed by atoms with van der Waals surface area (Å²) in [5, 5.41) is 2.98. The average molecular weight is 328 g/mol. The van der Waals surface area contributed by atoms with Gasteiger partial charge in [-0.2, -0.15) is 0 Å². The third-order valence-corrected chi connectivity index (χ3v) is 4.64. The molecule has 1 amide bonds. The molecule has 0 radical (unpaired) electrons. The van der Waals surface area contributed by atoms with Gasteiger partial charge in [-0.15, -0.1) is 11.3 Å². The standard InChI is InChI=1S/C12H14BrN3OS/c1-8-5-10(18-11(8)13)12(17)15-9(2)6-16-4-3-14-7-16/h3-5,7,9H,6H2,1-2H3,(H,15,17). The molecule has 0 aliphatic rings. The first-order valence-electron chi connectivity index (χ1n) is 5.59. The van der Waals surface area contributed by atoms with Gasteiger partial charge in [0, 0.05) is 25.0 Å². The molecule has 96 valence electrons. The van der Waals surface area contributed by atoms with Crippen molar-refractivity contribution in [3.05, 3.63) is 39.0 Å². The van der Waals surface area contributed by atoms with Gasteiger partial charge in [0.25, 0.3) is 5.91 Å². The van der Waals surface area contributed by atoms with Crippen molar-refractivity contribution in [1.29, 1.82) is 0 Å². The van der Waals surface area contributed by atoms with Crippen LogP contribution in [0.4, 0.5) is 0 Å². The number of carbonyl (C=O) groups is 1. The lowest BCUT2D eigenvalue weighted by Gasteiger charge is -2.13. The van der Waals surface area contributed by atoms with Crippen LogP contribution in [0.15, 0.2) is 28.6 Å². The van der Waals surface area contributed by atoms with Crippen LogP contribution in [0.1, 0.15) is 22.2 Å². The zero-order chi connectivity index (χ0) is 13.1. The molecule has 0 aliphatic heterocycles. The summed E-state index contributed by atoms with van der Waals surface area (Å²) in [5.41, 5.74) is 1.09. The Balaban J connectivity index is 1.94. The predicted molar refractivity (Wildman–Crippen MR) is 75.9 cm³/mol. The summed E-state index contributed by atoms with van der Waals surface area (Å²) in [5.74, 6) is -0.0265. The van der Waals surface area contributed by atoms with E-state index in [2.05, 4.69) is 26.2 Å². The fourth-order valence-corrected chi connectivity index (χ4v) is 3.06. The maximum absolute atomic E-state index is 12.0. The van der Waals surface area contributed by atoms with Gasteiger partial charge < -0.3 is 9.88 Å². The van der Waals surface area contributed by atoms with Crippen molar-refractivity contribution in [3.63, 3.8) is 0 Å². The second kappa shape index (κ2) is 5.67. The van der Waals surface area contributed by atoms with Crippen LogP contribution < -0.4 is 5.32 Å². The van der Waals surface area contributed by atoms with Crippen molar-refractivity contribution in [2.75, 3.05) is 0 Å². The fraction of sp³-hybridized carbons (Fsp3) is 0.333. The van der Waals surface area contributed by atoms with Crippen LogP contribution in [0.3, 0.4) is 0 Å². The number of halogens is 1. The number of carbonyl (C=O) groups excluding carboxylic acids is 1. The highest BCUT2D eigenvalue weighted by Crippen LogP contribution is 2.27. The van der Waals surface area contributed by atoms with Crippen LogP contribution in [-0.4, -0.2) is 21.5 Å². The van der Waals surface area contributed by atoms with E-state index in [1.54, 1.807) is 12.5 Å². The van der Waals surface area contributed by atoms with Crippen LogP contribution in [0, 0.1) is 6.92 Å². The number of nitrogens with zero attached hydrogens (tertiary/aromatic N) is 2. The lowest BCUT2D eigenvalue weighted by Crippen LogP contribution is -2.35. The van der Waals surface area contributed by atoms with Gasteiger partial charge in [0.05, 0.1) is 15.0 Å². The number of aryl methyl sites for hydroxylation is 1. The summed E-state index contributed by atoms with van der Waals surface area (Å²) in [6.45, 7) is 4.68. The molecule has 18 heavy (non-hydrogen) atoms.